The number of nitrogen functional groups attached to an aromatic ring is 1. The van der Waals surface area contributed by atoms with Crippen LogP contribution in [0.2, 0.25) is 0 Å². The average Bonchev–Trinajstić information content (AvgIpc) is 3.16. The lowest BCUT2D eigenvalue weighted by atomic mass is 9.92. The lowest BCUT2D eigenvalue weighted by molar-refractivity contribution is -0.124. The number of hydrogen-bond donors (Lipinski definition) is 2. The number of amides is 1. The molecular formula is C21H28N4O2S. The molecule has 2 aliphatic rings. The second kappa shape index (κ2) is 8.09. The van der Waals surface area contributed by atoms with Gasteiger partial charge in [-0.25, -0.2) is 4.98 Å². The summed E-state index contributed by atoms with van der Waals surface area (Å²) in [7, 11) is 0. The van der Waals surface area contributed by atoms with E-state index in [-0.39, 0.29) is 18.6 Å². The van der Waals surface area contributed by atoms with Gasteiger partial charge in [-0.05, 0) is 55.7 Å². The Morgan fingerprint density at radius 2 is 2.07 bits per heavy atom. The number of piperidine rings is 1. The lowest BCUT2D eigenvalue weighted by Gasteiger charge is -2.38. The van der Waals surface area contributed by atoms with Gasteiger partial charge in [0, 0.05) is 36.8 Å². The first kappa shape index (κ1) is 19.2. The van der Waals surface area contributed by atoms with Crippen LogP contribution < -0.4 is 15.8 Å². The Balaban J connectivity index is 1.29. The molecule has 2 heterocycles. The van der Waals surface area contributed by atoms with Crippen LogP contribution in [-0.2, 0) is 11.3 Å². The molecule has 1 unspecified atom stereocenters. The van der Waals surface area contributed by atoms with Gasteiger partial charge < -0.3 is 15.8 Å². The van der Waals surface area contributed by atoms with Crippen LogP contribution in [0.1, 0.15) is 28.8 Å². The normalized spacial score (nSPS) is 24.3. The lowest BCUT2D eigenvalue weighted by Crippen LogP contribution is -2.53. The van der Waals surface area contributed by atoms with Crippen molar-refractivity contribution in [2.45, 2.75) is 39.3 Å². The molecule has 150 valence electrons. The number of nitrogens with one attached hydrogen (secondary N) is 1. The molecule has 3 atom stereocenters. The monoisotopic (exact) mass is 400 g/mol. The predicted octanol–water partition coefficient (Wildman–Crippen LogP) is 2.75. The van der Waals surface area contributed by atoms with Gasteiger partial charge in [-0.15, -0.1) is 11.3 Å². The predicted molar refractivity (Wildman–Crippen MR) is 111 cm³/mol. The number of nitrogens with zero attached hydrogens (tertiary/aromatic N) is 2. The summed E-state index contributed by atoms with van der Waals surface area (Å²) in [6, 6.07) is 6.19. The highest BCUT2D eigenvalue weighted by atomic mass is 32.1. The number of fused-ring (bicyclic) bond motifs is 2. The molecule has 1 saturated carbocycles. The average molecular weight is 401 g/mol. The van der Waals surface area contributed by atoms with Crippen molar-refractivity contribution in [1.29, 1.82) is 0 Å². The molecule has 6 nitrogen and oxygen atoms in total. The third kappa shape index (κ3) is 4.15. The summed E-state index contributed by atoms with van der Waals surface area (Å²) in [6.45, 7) is 7.07. The highest BCUT2D eigenvalue weighted by Gasteiger charge is 2.42. The van der Waals surface area contributed by atoms with Crippen molar-refractivity contribution in [3.63, 3.8) is 0 Å². The number of hydrogen-bond acceptors (Lipinski definition) is 6. The number of likely N-dealkylation sites (tertiary alicyclic amines) is 1. The maximum absolute atomic E-state index is 12.5. The van der Waals surface area contributed by atoms with Crippen LogP contribution >= 0.6 is 11.3 Å². The zero-order valence-electron chi connectivity index (χ0n) is 16.5. The fourth-order valence-electron chi connectivity index (χ4n) is 4.55. The topological polar surface area (TPSA) is 80.5 Å². The molecule has 2 bridgehead atoms. The Morgan fingerprint density at radius 1 is 1.32 bits per heavy atom. The number of ether oxygens (including phenoxy) is 1. The van der Waals surface area contributed by atoms with Crippen molar-refractivity contribution >= 4 is 22.4 Å². The molecule has 1 aliphatic heterocycles. The summed E-state index contributed by atoms with van der Waals surface area (Å²) < 4.78 is 5.77. The summed E-state index contributed by atoms with van der Waals surface area (Å²) >= 11 is 1.56. The number of carbonyl (C=O) groups is 1. The molecule has 4 rings (SSSR count). The highest BCUT2D eigenvalue weighted by molar-refractivity contribution is 7.15. The van der Waals surface area contributed by atoms with E-state index >= 15 is 0 Å². The summed E-state index contributed by atoms with van der Waals surface area (Å²) in [5.41, 5.74) is 8.01. The minimum absolute atomic E-state index is 0.0218. The van der Waals surface area contributed by atoms with Crippen LogP contribution in [0.4, 0.5) is 5.13 Å². The summed E-state index contributed by atoms with van der Waals surface area (Å²) in [5.74, 6) is 1.78. The smallest absolute Gasteiger partial charge is 0.258 e. The van der Waals surface area contributed by atoms with E-state index in [1.54, 1.807) is 11.3 Å². The number of thiazole rings is 1. The molecule has 7 heteroatoms. The minimum Gasteiger partial charge on any atom is -0.483 e. The SMILES string of the molecule is Cc1cccc(OCC(=O)NC2[C@@H]3CC[C@H]2CN(Cc2cnc(N)s2)C3)c1C. The van der Waals surface area contributed by atoms with Gasteiger partial charge in [-0.1, -0.05) is 12.1 Å². The van der Waals surface area contributed by atoms with Crippen LogP contribution in [0.3, 0.4) is 0 Å². The Hall–Kier alpha value is -2.12. The molecule has 1 amide bonds. The van der Waals surface area contributed by atoms with Crippen LogP contribution in [0.15, 0.2) is 24.4 Å². The standard InChI is InChI=1S/C21H28N4O2S/c1-13-4-3-5-18(14(13)2)27-12-19(26)24-20-15-6-7-16(20)10-25(9-15)11-17-8-23-21(22)28-17/h3-5,8,15-16,20H,6-7,9-12H2,1-2H3,(H2,22,23)(H,24,26)/t15-,16+,20?. The summed E-state index contributed by atoms with van der Waals surface area (Å²) in [4.78, 5) is 20.3. The van der Waals surface area contributed by atoms with E-state index in [1.165, 1.54) is 23.3 Å². The number of carbonyl (C=O) groups excluding carboxylic acids is 1. The van der Waals surface area contributed by atoms with Gasteiger partial charge >= 0.3 is 0 Å². The van der Waals surface area contributed by atoms with Gasteiger partial charge in [0.2, 0.25) is 0 Å². The Bertz CT molecular complexity index is 839. The first-order valence-electron chi connectivity index (χ1n) is 9.90. The van der Waals surface area contributed by atoms with E-state index in [0.717, 1.165) is 30.9 Å². The molecular weight excluding hydrogens is 372 g/mol. The van der Waals surface area contributed by atoms with E-state index in [0.29, 0.717) is 17.0 Å². The molecule has 0 radical (unpaired) electrons. The third-order valence-corrected chi connectivity index (χ3v) is 6.91. The molecule has 3 N–H and O–H groups in total. The van der Waals surface area contributed by atoms with E-state index in [9.17, 15) is 4.79 Å². The number of nitrogens with two attached hydrogens (primary N) is 1. The van der Waals surface area contributed by atoms with Crippen molar-refractivity contribution in [2.75, 3.05) is 25.4 Å². The number of benzene rings is 1. The van der Waals surface area contributed by atoms with Gasteiger partial charge in [-0.3, -0.25) is 9.69 Å². The van der Waals surface area contributed by atoms with Gasteiger partial charge in [0.15, 0.2) is 11.7 Å². The Labute approximate surface area is 170 Å². The Kier molecular flexibility index (Phi) is 5.55. The maximum Gasteiger partial charge on any atom is 0.258 e. The molecule has 1 aromatic carbocycles. The summed E-state index contributed by atoms with van der Waals surface area (Å²) in [6.07, 6.45) is 4.23. The molecule has 2 aromatic rings. The van der Waals surface area contributed by atoms with Crippen molar-refractivity contribution < 1.29 is 9.53 Å². The second-order valence-electron chi connectivity index (χ2n) is 8.04. The van der Waals surface area contributed by atoms with Crippen LogP contribution in [-0.4, -0.2) is 41.5 Å². The number of rotatable bonds is 6. The van der Waals surface area contributed by atoms with Crippen LogP contribution in [0.5, 0.6) is 5.75 Å². The van der Waals surface area contributed by atoms with Gasteiger partial charge in [-0.2, -0.15) is 0 Å². The van der Waals surface area contributed by atoms with E-state index in [4.69, 9.17) is 10.5 Å². The van der Waals surface area contributed by atoms with Crippen LogP contribution in [0, 0.1) is 25.7 Å². The fourth-order valence-corrected chi connectivity index (χ4v) is 5.28. The van der Waals surface area contributed by atoms with Gasteiger partial charge in [0.05, 0.1) is 0 Å². The molecule has 0 spiro atoms. The molecule has 28 heavy (non-hydrogen) atoms. The fraction of sp³-hybridized carbons (Fsp3) is 0.524. The first-order valence-corrected chi connectivity index (χ1v) is 10.7. The second-order valence-corrected chi connectivity index (χ2v) is 9.18. The van der Waals surface area contributed by atoms with Crippen molar-refractivity contribution in [2.24, 2.45) is 11.8 Å². The van der Waals surface area contributed by atoms with Crippen molar-refractivity contribution in [1.82, 2.24) is 15.2 Å². The Morgan fingerprint density at radius 3 is 2.75 bits per heavy atom. The van der Waals surface area contributed by atoms with Gasteiger partial charge in [0.25, 0.3) is 5.91 Å². The molecule has 1 saturated heterocycles. The highest BCUT2D eigenvalue weighted by Crippen LogP contribution is 2.37. The molecule has 1 aromatic heterocycles. The number of aromatic nitrogens is 1. The van der Waals surface area contributed by atoms with E-state index in [1.807, 2.05) is 38.2 Å². The van der Waals surface area contributed by atoms with E-state index < -0.39 is 0 Å². The zero-order chi connectivity index (χ0) is 19.7. The van der Waals surface area contributed by atoms with Gasteiger partial charge in [0.1, 0.15) is 5.75 Å². The number of anilines is 1. The summed E-state index contributed by atoms with van der Waals surface area (Å²) in [5, 5.41) is 3.88. The van der Waals surface area contributed by atoms with Crippen molar-refractivity contribution in [3.05, 3.63) is 40.4 Å². The largest absolute Gasteiger partial charge is 0.483 e. The third-order valence-electron chi connectivity index (χ3n) is 6.10. The minimum atomic E-state index is -0.0218. The molecule has 2 fully saturated rings. The van der Waals surface area contributed by atoms with Crippen molar-refractivity contribution in [3.8, 4) is 5.75 Å². The number of aryl methyl sites for hydroxylation is 1. The van der Waals surface area contributed by atoms with E-state index in [2.05, 4.69) is 15.2 Å². The maximum atomic E-state index is 12.5. The zero-order valence-corrected chi connectivity index (χ0v) is 17.3. The molecule has 1 aliphatic carbocycles. The quantitative estimate of drug-likeness (QED) is 0.779. The van der Waals surface area contributed by atoms with Crippen LogP contribution in [0.25, 0.3) is 0 Å². The first-order chi connectivity index (χ1) is 13.5.